The summed E-state index contributed by atoms with van der Waals surface area (Å²) >= 11 is 0. The number of hydrogen-bond donors (Lipinski definition) is 2. The fraction of sp³-hybridized carbons (Fsp3) is 0.476. The maximum Gasteiger partial charge on any atom is 0.275 e. The fourth-order valence-electron chi connectivity index (χ4n) is 4.06. The van der Waals surface area contributed by atoms with Gasteiger partial charge in [0.15, 0.2) is 5.69 Å². The minimum absolute atomic E-state index is 0.113. The summed E-state index contributed by atoms with van der Waals surface area (Å²) < 4.78 is 0. The van der Waals surface area contributed by atoms with Gasteiger partial charge < -0.3 is 10.2 Å². The highest BCUT2D eigenvalue weighted by molar-refractivity contribution is 5.98. The molecule has 1 aliphatic heterocycles. The largest absolute Gasteiger partial charge is 0.350 e. The molecule has 0 unspecified atom stereocenters. The average molecular weight is 366 g/mol. The average Bonchev–Trinajstić information content (AvgIpc) is 3.22. The van der Waals surface area contributed by atoms with Gasteiger partial charge in [-0.25, -0.2) is 0 Å². The molecule has 2 aliphatic rings. The molecule has 0 bridgehead atoms. The SMILES string of the molecule is CC(C)(C)NC(=O)[C@@H]1Cc2ccccc2CN1C(=O)c1n[nH]c2c1CCC2. The summed E-state index contributed by atoms with van der Waals surface area (Å²) in [5.41, 5.74) is 4.44. The molecule has 0 saturated heterocycles. The molecule has 142 valence electrons. The minimum atomic E-state index is -0.527. The van der Waals surface area contributed by atoms with Crippen molar-refractivity contribution in [1.82, 2.24) is 20.4 Å². The topological polar surface area (TPSA) is 78.1 Å². The molecule has 27 heavy (non-hydrogen) atoms. The highest BCUT2D eigenvalue weighted by atomic mass is 16.2. The van der Waals surface area contributed by atoms with E-state index in [4.69, 9.17) is 0 Å². The van der Waals surface area contributed by atoms with Crippen LogP contribution in [0, 0.1) is 0 Å². The van der Waals surface area contributed by atoms with Crippen LogP contribution in [-0.4, -0.2) is 38.5 Å². The number of aromatic amines is 1. The third kappa shape index (κ3) is 3.36. The van der Waals surface area contributed by atoms with E-state index < -0.39 is 6.04 Å². The van der Waals surface area contributed by atoms with Crippen LogP contribution in [0.15, 0.2) is 24.3 Å². The zero-order chi connectivity index (χ0) is 19.2. The Kier molecular flexibility index (Phi) is 4.29. The molecule has 1 aliphatic carbocycles. The Balaban J connectivity index is 1.68. The third-order valence-electron chi connectivity index (χ3n) is 5.32. The molecule has 2 amide bonds. The van der Waals surface area contributed by atoms with E-state index in [-0.39, 0.29) is 17.4 Å². The number of benzene rings is 1. The number of amides is 2. The molecule has 0 radical (unpaired) electrons. The van der Waals surface area contributed by atoms with Crippen LogP contribution in [0.1, 0.15) is 60.1 Å². The van der Waals surface area contributed by atoms with Crippen LogP contribution in [0.3, 0.4) is 0 Å². The van der Waals surface area contributed by atoms with E-state index in [1.165, 1.54) is 0 Å². The first-order valence-corrected chi connectivity index (χ1v) is 9.59. The van der Waals surface area contributed by atoms with Gasteiger partial charge in [-0.2, -0.15) is 5.10 Å². The maximum atomic E-state index is 13.4. The van der Waals surface area contributed by atoms with Crippen LogP contribution in [0.25, 0.3) is 0 Å². The fourth-order valence-corrected chi connectivity index (χ4v) is 4.06. The molecule has 1 atom stereocenters. The van der Waals surface area contributed by atoms with E-state index in [9.17, 15) is 9.59 Å². The van der Waals surface area contributed by atoms with Gasteiger partial charge in [-0.3, -0.25) is 14.7 Å². The second kappa shape index (κ2) is 6.51. The zero-order valence-electron chi connectivity index (χ0n) is 16.1. The summed E-state index contributed by atoms with van der Waals surface area (Å²) in [7, 11) is 0. The van der Waals surface area contributed by atoms with Crippen molar-refractivity contribution in [3.05, 3.63) is 52.3 Å². The lowest BCUT2D eigenvalue weighted by molar-refractivity contribution is -0.127. The Hall–Kier alpha value is -2.63. The number of hydrogen-bond acceptors (Lipinski definition) is 3. The molecule has 1 aromatic carbocycles. The van der Waals surface area contributed by atoms with Crippen LogP contribution < -0.4 is 5.32 Å². The van der Waals surface area contributed by atoms with Gasteiger partial charge in [0.05, 0.1) is 0 Å². The number of carbonyl (C=O) groups excluding carboxylic acids is 2. The van der Waals surface area contributed by atoms with E-state index >= 15 is 0 Å². The third-order valence-corrected chi connectivity index (χ3v) is 5.32. The number of rotatable bonds is 2. The van der Waals surface area contributed by atoms with Crippen LogP contribution in [0.4, 0.5) is 0 Å². The number of aryl methyl sites for hydroxylation is 1. The molecule has 2 aromatic rings. The highest BCUT2D eigenvalue weighted by Gasteiger charge is 2.38. The lowest BCUT2D eigenvalue weighted by Gasteiger charge is -2.37. The maximum absolute atomic E-state index is 13.4. The van der Waals surface area contributed by atoms with Gasteiger partial charge in [0.2, 0.25) is 5.91 Å². The highest BCUT2D eigenvalue weighted by Crippen LogP contribution is 2.28. The molecule has 0 fully saturated rings. The van der Waals surface area contributed by atoms with Crippen LogP contribution in [0.5, 0.6) is 0 Å². The lowest BCUT2D eigenvalue weighted by Crippen LogP contribution is -2.56. The molecule has 4 rings (SSSR count). The van der Waals surface area contributed by atoms with Crippen molar-refractivity contribution < 1.29 is 9.59 Å². The molecule has 0 spiro atoms. The van der Waals surface area contributed by atoms with Gasteiger partial charge in [0, 0.05) is 29.8 Å². The number of aromatic nitrogens is 2. The Bertz CT molecular complexity index is 894. The van der Waals surface area contributed by atoms with Crippen molar-refractivity contribution in [2.24, 2.45) is 0 Å². The molecule has 6 nitrogen and oxygen atoms in total. The number of nitrogens with one attached hydrogen (secondary N) is 2. The van der Waals surface area contributed by atoms with Gasteiger partial charge in [-0.05, 0) is 51.2 Å². The predicted molar refractivity (Wildman–Crippen MR) is 102 cm³/mol. The van der Waals surface area contributed by atoms with Crippen molar-refractivity contribution in [1.29, 1.82) is 0 Å². The smallest absolute Gasteiger partial charge is 0.275 e. The van der Waals surface area contributed by atoms with Crippen molar-refractivity contribution in [2.45, 2.75) is 64.6 Å². The lowest BCUT2D eigenvalue weighted by atomic mass is 9.92. The number of fused-ring (bicyclic) bond motifs is 2. The van der Waals surface area contributed by atoms with Gasteiger partial charge >= 0.3 is 0 Å². The van der Waals surface area contributed by atoms with E-state index in [0.717, 1.165) is 41.6 Å². The molecule has 2 heterocycles. The van der Waals surface area contributed by atoms with E-state index in [1.807, 2.05) is 45.0 Å². The Morgan fingerprint density at radius 1 is 1.19 bits per heavy atom. The number of carbonyl (C=O) groups is 2. The summed E-state index contributed by atoms with van der Waals surface area (Å²) in [6.45, 7) is 6.29. The molecular formula is C21H26N4O2. The first-order valence-electron chi connectivity index (χ1n) is 9.59. The van der Waals surface area contributed by atoms with E-state index in [2.05, 4.69) is 15.5 Å². The molecule has 2 N–H and O–H groups in total. The Morgan fingerprint density at radius 2 is 1.93 bits per heavy atom. The van der Waals surface area contributed by atoms with Crippen LogP contribution in [-0.2, 0) is 30.6 Å². The quantitative estimate of drug-likeness (QED) is 0.857. The Morgan fingerprint density at radius 3 is 2.67 bits per heavy atom. The van der Waals surface area contributed by atoms with Gasteiger partial charge in [-0.1, -0.05) is 24.3 Å². The molecule has 1 aromatic heterocycles. The summed E-state index contributed by atoms with van der Waals surface area (Å²) in [5, 5.41) is 10.3. The van der Waals surface area contributed by atoms with Crippen molar-refractivity contribution >= 4 is 11.8 Å². The molecular weight excluding hydrogens is 340 g/mol. The standard InChI is InChI=1S/C21H26N4O2/c1-21(2,3)22-19(26)17-11-13-7-4-5-8-14(13)12-25(17)20(27)18-15-9-6-10-16(15)23-24-18/h4-5,7-8,17H,6,9-12H2,1-3H3,(H,22,26)(H,23,24)/t17-/m0/s1. The van der Waals surface area contributed by atoms with Crippen LogP contribution in [0.2, 0.25) is 0 Å². The number of nitrogens with zero attached hydrogens (tertiary/aromatic N) is 2. The Labute approximate surface area is 159 Å². The second-order valence-electron chi connectivity index (χ2n) is 8.54. The van der Waals surface area contributed by atoms with E-state index in [1.54, 1.807) is 4.90 Å². The van der Waals surface area contributed by atoms with Crippen molar-refractivity contribution in [3.8, 4) is 0 Å². The summed E-state index contributed by atoms with van der Waals surface area (Å²) in [6.07, 6.45) is 3.37. The minimum Gasteiger partial charge on any atom is -0.350 e. The first kappa shape index (κ1) is 17.8. The molecule has 6 heteroatoms. The molecule has 0 saturated carbocycles. The van der Waals surface area contributed by atoms with Crippen molar-refractivity contribution in [3.63, 3.8) is 0 Å². The summed E-state index contributed by atoms with van der Waals surface area (Å²) in [6, 6.07) is 7.50. The number of H-pyrrole nitrogens is 1. The summed E-state index contributed by atoms with van der Waals surface area (Å²) in [4.78, 5) is 28.1. The predicted octanol–water partition coefficient (Wildman–Crippen LogP) is 2.38. The first-order chi connectivity index (χ1) is 12.8. The summed E-state index contributed by atoms with van der Waals surface area (Å²) in [5.74, 6) is -0.268. The second-order valence-corrected chi connectivity index (χ2v) is 8.54. The normalized spacial score (nSPS) is 18.8. The zero-order valence-corrected chi connectivity index (χ0v) is 16.1. The van der Waals surface area contributed by atoms with Crippen molar-refractivity contribution in [2.75, 3.05) is 0 Å². The van der Waals surface area contributed by atoms with Gasteiger partial charge in [0.1, 0.15) is 6.04 Å². The van der Waals surface area contributed by atoms with Gasteiger partial charge in [-0.15, -0.1) is 0 Å². The van der Waals surface area contributed by atoms with Crippen LogP contribution >= 0.6 is 0 Å². The van der Waals surface area contributed by atoms with Gasteiger partial charge in [0.25, 0.3) is 5.91 Å². The van der Waals surface area contributed by atoms with E-state index in [0.29, 0.717) is 18.7 Å². The monoisotopic (exact) mass is 366 g/mol.